The van der Waals surface area contributed by atoms with Crippen LogP contribution in [-0.2, 0) is 6.54 Å². The third-order valence-corrected chi connectivity index (χ3v) is 2.89. The van der Waals surface area contributed by atoms with Gasteiger partial charge in [-0.2, -0.15) is 0 Å². The first kappa shape index (κ1) is 13.4. The van der Waals surface area contributed by atoms with Crippen LogP contribution >= 0.6 is 0 Å². The number of nitrogens with one attached hydrogen (secondary N) is 1. The summed E-state index contributed by atoms with van der Waals surface area (Å²) in [6, 6.07) is 10.4. The van der Waals surface area contributed by atoms with Gasteiger partial charge in [0, 0.05) is 27.7 Å². The Morgan fingerprint density at radius 3 is 2.32 bits per heavy atom. The van der Waals surface area contributed by atoms with Crippen LogP contribution in [0.4, 0.5) is 0 Å². The highest BCUT2D eigenvalue weighted by Gasteiger charge is 2.17. The average Bonchev–Trinajstić information content (AvgIpc) is 2.39. The molecule has 1 N–H and O–H groups in total. The minimum absolute atomic E-state index is 0.0492. The van der Waals surface area contributed by atoms with E-state index >= 15 is 0 Å². The summed E-state index contributed by atoms with van der Waals surface area (Å²) in [5.74, 6) is 1.70. The molecule has 0 spiro atoms. The zero-order chi connectivity index (χ0) is 13.8. The molecule has 0 amide bonds. The van der Waals surface area contributed by atoms with Gasteiger partial charge in [-0.1, -0.05) is 30.3 Å². The number of guanidine groups is 2. The lowest BCUT2D eigenvalue weighted by atomic mass is 10.2. The van der Waals surface area contributed by atoms with Crippen molar-refractivity contribution in [1.29, 1.82) is 0 Å². The summed E-state index contributed by atoms with van der Waals surface area (Å²) in [6.07, 6.45) is -0.0492. The SMILES string of the molecule is CC1N=C(N(C)C)NC(N(C)Cc2ccccc2)=N1. The Labute approximate surface area is 114 Å². The predicted octanol–water partition coefficient (Wildman–Crippen LogP) is 1.34. The fourth-order valence-corrected chi connectivity index (χ4v) is 1.90. The standard InChI is InChI=1S/C14H21N5/c1-11-15-13(18(2)3)17-14(16-11)19(4)10-12-8-6-5-7-9-12/h5-9,11H,10H2,1-4H3,(H,15,16,17). The van der Waals surface area contributed by atoms with Crippen molar-refractivity contribution in [2.24, 2.45) is 9.98 Å². The lowest BCUT2D eigenvalue weighted by Crippen LogP contribution is -2.49. The highest BCUT2D eigenvalue weighted by atomic mass is 15.4. The van der Waals surface area contributed by atoms with Gasteiger partial charge in [0.25, 0.3) is 0 Å². The normalized spacial score (nSPS) is 18.2. The molecule has 1 atom stereocenters. The molecule has 102 valence electrons. The second-order valence-corrected chi connectivity index (χ2v) is 4.90. The molecule has 0 fully saturated rings. The summed E-state index contributed by atoms with van der Waals surface area (Å²) in [5, 5.41) is 3.26. The molecule has 0 aromatic heterocycles. The molecule has 0 saturated heterocycles. The van der Waals surface area contributed by atoms with Crippen LogP contribution in [0, 0.1) is 0 Å². The molecule has 0 aliphatic carbocycles. The van der Waals surface area contributed by atoms with E-state index in [9.17, 15) is 0 Å². The van der Waals surface area contributed by atoms with E-state index in [1.165, 1.54) is 5.56 Å². The summed E-state index contributed by atoms with van der Waals surface area (Å²) in [4.78, 5) is 13.0. The largest absolute Gasteiger partial charge is 0.349 e. The van der Waals surface area contributed by atoms with E-state index in [0.29, 0.717) is 0 Å². The first-order valence-electron chi connectivity index (χ1n) is 6.41. The number of benzene rings is 1. The Balaban J connectivity index is 2.06. The first-order valence-corrected chi connectivity index (χ1v) is 6.41. The molecule has 1 aromatic rings. The van der Waals surface area contributed by atoms with Crippen molar-refractivity contribution in [2.75, 3.05) is 21.1 Å². The number of aliphatic imine (C=N–C) groups is 2. The summed E-state index contributed by atoms with van der Waals surface area (Å²) in [7, 11) is 5.97. The maximum Gasteiger partial charge on any atom is 0.202 e. The molecule has 5 heteroatoms. The zero-order valence-electron chi connectivity index (χ0n) is 12.0. The van der Waals surface area contributed by atoms with Crippen LogP contribution in [0.1, 0.15) is 12.5 Å². The molecule has 0 radical (unpaired) electrons. The van der Waals surface area contributed by atoms with Crippen LogP contribution in [0.5, 0.6) is 0 Å². The maximum atomic E-state index is 4.53. The van der Waals surface area contributed by atoms with E-state index in [0.717, 1.165) is 18.5 Å². The third kappa shape index (κ3) is 3.47. The molecule has 5 nitrogen and oxygen atoms in total. The minimum atomic E-state index is -0.0492. The predicted molar refractivity (Wildman–Crippen MR) is 79.1 cm³/mol. The Kier molecular flexibility index (Phi) is 4.04. The van der Waals surface area contributed by atoms with Crippen molar-refractivity contribution in [2.45, 2.75) is 19.6 Å². The molecule has 19 heavy (non-hydrogen) atoms. The maximum absolute atomic E-state index is 4.53. The Morgan fingerprint density at radius 2 is 1.68 bits per heavy atom. The Morgan fingerprint density at radius 1 is 1.05 bits per heavy atom. The summed E-state index contributed by atoms with van der Waals surface area (Å²) in [5.41, 5.74) is 1.26. The van der Waals surface area contributed by atoms with Crippen molar-refractivity contribution in [3.8, 4) is 0 Å². The van der Waals surface area contributed by atoms with Gasteiger partial charge < -0.3 is 9.80 Å². The van der Waals surface area contributed by atoms with Gasteiger partial charge in [-0.25, -0.2) is 9.98 Å². The molecule has 1 aliphatic rings. The fraction of sp³-hybridized carbons (Fsp3) is 0.429. The van der Waals surface area contributed by atoms with E-state index in [4.69, 9.17) is 0 Å². The van der Waals surface area contributed by atoms with E-state index in [1.807, 2.05) is 39.0 Å². The summed E-state index contributed by atoms with van der Waals surface area (Å²) >= 11 is 0. The summed E-state index contributed by atoms with van der Waals surface area (Å²) in [6.45, 7) is 2.81. The molecule has 1 aliphatic heterocycles. The average molecular weight is 259 g/mol. The van der Waals surface area contributed by atoms with Gasteiger partial charge in [0.1, 0.15) is 6.17 Å². The minimum Gasteiger partial charge on any atom is -0.349 e. The first-order chi connectivity index (χ1) is 9.06. The number of rotatable bonds is 2. The molecule has 1 heterocycles. The van der Waals surface area contributed by atoms with Crippen molar-refractivity contribution in [3.05, 3.63) is 35.9 Å². The second-order valence-electron chi connectivity index (χ2n) is 4.90. The van der Waals surface area contributed by atoms with E-state index < -0.39 is 0 Å². The van der Waals surface area contributed by atoms with Gasteiger partial charge in [0.2, 0.25) is 11.9 Å². The fourth-order valence-electron chi connectivity index (χ4n) is 1.90. The zero-order valence-corrected chi connectivity index (χ0v) is 12.0. The lowest BCUT2D eigenvalue weighted by molar-refractivity contribution is 0.469. The van der Waals surface area contributed by atoms with E-state index in [-0.39, 0.29) is 6.17 Å². The van der Waals surface area contributed by atoms with Crippen LogP contribution < -0.4 is 5.32 Å². The van der Waals surface area contributed by atoms with Crippen molar-refractivity contribution in [3.63, 3.8) is 0 Å². The highest BCUT2D eigenvalue weighted by Crippen LogP contribution is 2.06. The smallest absolute Gasteiger partial charge is 0.202 e. The quantitative estimate of drug-likeness (QED) is 0.871. The van der Waals surface area contributed by atoms with Crippen molar-refractivity contribution < 1.29 is 0 Å². The number of hydrogen-bond donors (Lipinski definition) is 1. The number of nitrogens with zero attached hydrogens (tertiary/aromatic N) is 4. The molecule has 0 bridgehead atoms. The van der Waals surface area contributed by atoms with Crippen molar-refractivity contribution >= 4 is 11.9 Å². The highest BCUT2D eigenvalue weighted by molar-refractivity contribution is 5.99. The van der Waals surface area contributed by atoms with Gasteiger partial charge >= 0.3 is 0 Å². The van der Waals surface area contributed by atoms with Crippen LogP contribution in [0.15, 0.2) is 40.3 Å². The van der Waals surface area contributed by atoms with E-state index in [1.54, 1.807) is 0 Å². The molecule has 1 unspecified atom stereocenters. The van der Waals surface area contributed by atoms with Gasteiger partial charge in [0.15, 0.2) is 0 Å². The lowest BCUT2D eigenvalue weighted by Gasteiger charge is -2.29. The van der Waals surface area contributed by atoms with Gasteiger partial charge in [-0.05, 0) is 12.5 Å². The van der Waals surface area contributed by atoms with Gasteiger partial charge in [0.05, 0.1) is 0 Å². The van der Waals surface area contributed by atoms with E-state index in [2.05, 4.69) is 44.5 Å². The third-order valence-electron chi connectivity index (χ3n) is 2.89. The van der Waals surface area contributed by atoms with Crippen LogP contribution in [0.3, 0.4) is 0 Å². The van der Waals surface area contributed by atoms with Gasteiger partial charge in [-0.3, -0.25) is 5.32 Å². The number of hydrogen-bond acceptors (Lipinski definition) is 5. The summed E-state index contributed by atoms with van der Waals surface area (Å²) < 4.78 is 0. The molecule has 2 rings (SSSR count). The Hall–Kier alpha value is -2.04. The van der Waals surface area contributed by atoms with Crippen molar-refractivity contribution in [1.82, 2.24) is 15.1 Å². The molecular weight excluding hydrogens is 238 g/mol. The Bertz CT molecular complexity index is 478. The monoisotopic (exact) mass is 259 g/mol. The van der Waals surface area contributed by atoms with Crippen LogP contribution in [0.25, 0.3) is 0 Å². The molecule has 1 aromatic carbocycles. The topological polar surface area (TPSA) is 43.2 Å². The van der Waals surface area contributed by atoms with Gasteiger partial charge in [-0.15, -0.1) is 0 Å². The second kappa shape index (κ2) is 5.73. The van der Waals surface area contributed by atoms with Crippen LogP contribution in [-0.4, -0.2) is 49.0 Å². The van der Waals surface area contributed by atoms with Crippen LogP contribution in [0.2, 0.25) is 0 Å². The molecule has 0 saturated carbocycles. The molecular formula is C14H21N5.